The van der Waals surface area contributed by atoms with Gasteiger partial charge in [-0.1, -0.05) is 17.7 Å². The number of carbonyl (C=O) groups is 1. The lowest BCUT2D eigenvalue weighted by Gasteiger charge is -2.26. The van der Waals surface area contributed by atoms with Crippen molar-refractivity contribution in [3.05, 3.63) is 58.9 Å². The highest BCUT2D eigenvalue weighted by Gasteiger charge is 2.21. The monoisotopic (exact) mass is 289 g/mol. The van der Waals surface area contributed by atoms with E-state index < -0.39 is 0 Å². The zero-order valence-electron chi connectivity index (χ0n) is 11.4. The van der Waals surface area contributed by atoms with Gasteiger partial charge in [-0.15, -0.1) is 0 Å². The fraction of sp³-hybridized carbons (Fsp3) is 0.200. The number of carbonyl (C=O) groups excluding carboxylic acids is 1. The molecule has 0 spiro atoms. The Balaban J connectivity index is 2.27. The third kappa shape index (κ3) is 2.75. The Labute approximate surface area is 123 Å². The summed E-state index contributed by atoms with van der Waals surface area (Å²) in [7, 11) is 1.74. The number of amides is 1. The molecule has 0 saturated carbocycles. The zero-order chi connectivity index (χ0) is 14.7. The van der Waals surface area contributed by atoms with Crippen LogP contribution < -0.4 is 5.73 Å². The number of nitrogens with two attached hydrogens (primary N) is 1. The van der Waals surface area contributed by atoms with Gasteiger partial charge in [0.25, 0.3) is 5.91 Å². The highest BCUT2D eigenvalue weighted by atomic mass is 35.5. The van der Waals surface area contributed by atoms with E-state index in [2.05, 4.69) is 4.98 Å². The van der Waals surface area contributed by atoms with Crippen LogP contribution in [0, 0.1) is 0 Å². The number of para-hydroxylation sites is 1. The standard InChI is InChI=1S/C15H16ClN3O/c1-10(11-6-8-18-9-7-11)19(2)15(20)12-4-3-5-13(16)14(12)17/h3-10H,17H2,1-2H3. The number of nitrogens with zero attached hydrogens (tertiary/aromatic N) is 2. The number of hydrogen-bond donors (Lipinski definition) is 1. The molecule has 0 fully saturated rings. The third-order valence-electron chi connectivity index (χ3n) is 3.37. The smallest absolute Gasteiger partial charge is 0.256 e. The second-order valence-corrected chi connectivity index (χ2v) is 4.98. The molecule has 2 N–H and O–H groups in total. The summed E-state index contributed by atoms with van der Waals surface area (Å²) in [6.07, 6.45) is 3.41. The molecule has 0 saturated heterocycles. The quantitative estimate of drug-likeness (QED) is 0.883. The fourth-order valence-electron chi connectivity index (χ4n) is 1.95. The van der Waals surface area contributed by atoms with E-state index in [1.54, 1.807) is 42.5 Å². The van der Waals surface area contributed by atoms with Crippen LogP contribution in [0.1, 0.15) is 28.9 Å². The Kier molecular flexibility index (Phi) is 4.25. The van der Waals surface area contributed by atoms with Gasteiger partial charge in [-0.05, 0) is 36.8 Å². The van der Waals surface area contributed by atoms with Gasteiger partial charge >= 0.3 is 0 Å². The molecule has 1 amide bonds. The normalized spacial score (nSPS) is 11.9. The van der Waals surface area contributed by atoms with Gasteiger partial charge in [-0.3, -0.25) is 9.78 Å². The summed E-state index contributed by atoms with van der Waals surface area (Å²) in [5.74, 6) is -0.158. The van der Waals surface area contributed by atoms with Gasteiger partial charge in [-0.25, -0.2) is 0 Å². The molecule has 1 unspecified atom stereocenters. The highest BCUT2D eigenvalue weighted by Crippen LogP contribution is 2.26. The average molecular weight is 290 g/mol. The average Bonchev–Trinajstić information content (AvgIpc) is 2.48. The number of anilines is 1. The molecule has 1 atom stereocenters. The van der Waals surface area contributed by atoms with Crippen molar-refractivity contribution in [2.45, 2.75) is 13.0 Å². The summed E-state index contributed by atoms with van der Waals surface area (Å²) in [6.45, 7) is 1.95. The van der Waals surface area contributed by atoms with Gasteiger partial charge in [0.1, 0.15) is 0 Å². The zero-order valence-corrected chi connectivity index (χ0v) is 12.1. The summed E-state index contributed by atoms with van der Waals surface area (Å²) >= 11 is 5.96. The first kappa shape index (κ1) is 14.3. The fourth-order valence-corrected chi connectivity index (χ4v) is 2.13. The van der Waals surface area contributed by atoms with E-state index in [-0.39, 0.29) is 11.9 Å². The molecule has 0 bridgehead atoms. The van der Waals surface area contributed by atoms with Crippen molar-refractivity contribution >= 4 is 23.2 Å². The van der Waals surface area contributed by atoms with E-state index in [1.165, 1.54) is 0 Å². The molecule has 2 rings (SSSR count). The Morgan fingerprint density at radius 2 is 1.95 bits per heavy atom. The SMILES string of the molecule is CC(c1ccncc1)N(C)C(=O)c1cccc(Cl)c1N. The summed E-state index contributed by atoms with van der Waals surface area (Å²) in [5, 5.41) is 0.390. The van der Waals surface area contributed by atoms with Crippen molar-refractivity contribution in [3.63, 3.8) is 0 Å². The number of benzene rings is 1. The summed E-state index contributed by atoms with van der Waals surface area (Å²) in [5.41, 5.74) is 7.61. The van der Waals surface area contributed by atoms with Crippen molar-refractivity contribution < 1.29 is 4.79 Å². The van der Waals surface area contributed by atoms with Gasteiger partial charge in [0, 0.05) is 19.4 Å². The largest absolute Gasteiger partial charge is 0.397 e. The van der Waals surface area contributed by atoms with Gasteiger partial charge in [-0.2, -0.15) is 0 Å². The van der Waals surface area contributed by atoms with E-state index in [0.717, 1.165) is 5.56 Å². The second kappa shape index (κ2) is 5.92. The van der Waals surface area contributed by atoms with Gasteiger partial charge in [0.05, 0.1) is 22.3 Å². The van der Waals surface area contributed by atoms with Gasteiger partial charge in [0.15, 0.2) is 0 Å². The predicted molar refractivity (Wildman–Crippen MR) is 80.6 cm³/mol. The van der Waals surface area contributed by atoms with E-state index in [4.69, 9.17) is 17.3 Å². The maximum Gasteiger partial charge on any atom is 0.256 e. The van der Waals surface area contributed by atoms with Crippen molar-refractivity contribution in [1.29, 1.82) is 0 Å². The van der Waals surface area contributed by atoms with Crippen LogP contribution in [0.3, 0.4) is 0 Å². The van der Waals surface area contributed by atoms with Crippen LogP contribution >= 0.6 is 11.6 Å². The topological polar surface area (TPSA) is 59.2 Å². The van der Waals surface area contributed by atoms with Crippen molar-refractivity contribution in [2.75, 3.05) is 12.8 Å². The van der Waals surface area contributed by atoms with Crippen LogP contribution in [0.4, 0.5) is 5.69 Å². The lowest BCUT2D eigenvalue weighted by molar-refractivity contribution is 0.0743. The highest BCUT2D eigenvalue weighted by molar-refractivity contribution is 6.33. The first-order valence-electron chi connectivity index (χ1n) is 6.23. The van der Waals surface area contributed by atoms with Gasteiger partial charge < -0.3 is 10.6 Å². The third-order valence-corrected chi connectivity index (χ3v) is 3.70. The molecule has 2 aromatic rings. The second-order valence-electron chi connectivity index (χ2n) is 4.57. The van der Waals surface area contributed by atoms with Crippen LogP contribution in [-0.2, 0) is 0 Å². The van der Waals surface area contributed by atoms with Crippen LogP contribution in [-0.4, -0.2) is 22.8 Å². The van der Waals surface area contributed by atoms with Gasteiger partial charge in [0.2, 0.25) is 0 Å². The maximum atomic E-state index is 12.5. The van der Waals surface area contributed by atoms with Crippen molar-refractivity contribution in [1.82, 2.24) is 9.88 Å². The number of aromatic nitrogens is 1. The van der Waals surface area contributed by atoms with E-state index in [1.807, 2.05) is 19.1 Å². The molecule has 0 aliphatic heterocycles. The Morgan fingerprint density at radius 1 is 1.30 bits per heavy atom. The van der Waals surface area contributed by atoms with E-state index in [0.29, 0.717) is 16.3 Å². The molecule has 0 aliphatic rings. The number of halogens is 1. The molecule has 5 heteroatoms. The minimum atomic E-state index is -0.158. The molecule has 1 heterocycles. The molecule has 104 valence electrons. The lowest BCUT2D eigenvalue weighted by atomic mass is 10.1. The number of pyridine rings is 1. The summed E-state index contributed by atoms with van der Waals surface area (Å²) < 4.78 is 0. The number of rotatable bonds is 3. The molecule has 0 aliphatic carbocycles. The maximum absolute atomic E-state index is 12.5. The predicted octanol–water partition coefficient (Wildman–Crippen LogP) is 3.15. The van der Waals surface area contributed by atoms with E-state index in [9.17, 15) is 4.79 Å². The van der Waals surface area contributed by atoms with Crippen LogP contribution in [0.25, 0.3) is 0 Å². The minimum Gasteiger partial charge on any atom is -0.397 e. The number of hydrogen-bond acceptors (Lipinski definition) is 3. The molecular formula is C15H16ClN3O. The van der Waals surface area contributed by atoms with Crippen LogP contribution in [0.2, 0.25) is 5.02 Å². The first-order valence-corrected chi connectivity index (χ1v) is 6.61. The summed E-state index contributed by atoms with van der Waals surface area (Å²) in [6, 6.07) is 8.76. The molecule has 20 heavy (non-hydrogen) atoms. The Hall–Kier alpha value is -2.07. The Bertz CT molecular complexity index is 616. The van der Waals surface area contributed by atoms with Crippen LogP contribution in [0.5, 0.6) is 0 Å². The Morgan fingerprint density at radius 3 is 2.60 bits per heavy atom. The molecular weight excluding hydrogens is 274 g/mol. The lowest BCUT2D eigenvalue weighted by Crippen LogP contribution is -2.30. The van der Waals surface area contributed by atoms with Crippen LogP contribution in [0.15, 0.2) is 42.7 Å². The first-order chi connectivity index (χ1) is 9.52. The molecule has 4 nitrogen and oxygen atoms in total. The molecule has 0 radical (unpaired) electrons. The molecule has 1 aromatic heterocycles. The van der Waals surface area contributed by atoms with Crippen molar-refractivity contribution in [2.24, 2.45) is 0 Å². The summed E-state index contributed by atoms with van der Waals surface area (Å²) in [4.78, 5) is 18.1. The minimum absolute atomic E-state index is 0.0797. The van der Waals surface area contributed by atoms with E-state index >= 15 is 0 Å². The van der Waals surface area contributed by atoms with Crippen molar-refractivity contribution in [3.8, 4) is 0 Å². The number of nitrogen functional groups attached to an aromatic ring is 1. The molecule has 1 aromatic carbocycles.